The number of imidazole rings is 1. The van der Waals surface area contributed by atoms with E-state index in [0.29, 0.717) is 5.95 Å². The van der Waals surface area contributed by atoms with Crippen LogP contribution in [-0.2, 0) is 0 Å². The van der Waals surface area contributed by atoms with Gasteiger partial charge in [-0.1, -0.05) is 6.07 Å². The third-order valence-electron chi connectivity index (χ3n) is 2.74. The standard InChI is InChI=1S/C13H13N5/c1-9-8-18(13(14)17-9)16-7-10-2-3-12-11(6-10)4-5-15-12/h2-8,15H,1H3,(H2,14,17). The summed E-state index contributed by atoms with van der Waals surface area (Å²) in [4.78, 5) is 7.24. The van der Waals surface area contributed by atoms with Gasteiger partial charge in [-0.15, -0.1) is 0 Å². The smallest absolute Gasteiger partial charge is 0.221 e. The molecule has 3 aromatic rings. The largest absolute Gasteiger partial charge is 0.368 e. The number of nitrogens with zero attached hydrogens (tertiary/aromatic N) is 3. The van der Waals surface area contributed by atoms with Crippen LogP contribution >= 0.6 is 0 Å². The Balaban J connectivity index is 1.93. The van der Waals surface area contributed by atoms with Crippen molar-refractivity contribution in [2.24, 2.45) is 5.10 Å². The molecule has 5 nitrogen and oxygen atoms in total. The Hall–Kier alpha value is -2.56. The van der Waals surface area contributed by atoms with Crippen molar-refractivity contribution in [1.82, 2.24) is 14.6 Å². The topological polar surface area (TPSA) is 72.0 Å². The highest BCUT2D eigenvalue weighted by atomic mass is 15.4. The highest BCUT2D eigenvalue weighted by molar-refractivity contribution is 5.88. The van der Waals surface area contributed by atoms with Crippen molar-refractivity contribution in [2.75, 3.05) is 5.73 Å². The van der Waals surface area contributed by atoms with Crippen LogP contribution in [0.4, 0.5) is 5.95 Å². The van der Waals surface area contributed by atoms with Crippen molar-refractivity contribution in [3.05, 3.63) is 47.9 Å². The number of rotatable bonds is 2. The number of anilines is 1. The summed E-state index contributed by atoms with van der Waals surface area (Å²) in [5.74, 6) is 0.395. The molecule has 3 rings (SSSR count). The van der Waals surface area contributed by atoms with Crippen LogP contribution in [0.1, 0.15) is 11.3 Å². The van der Waals surface area contributed by atoms with Crippen LogP contribution < -0.4 is 5.73 Å². The molecular formula is C13H13N5. The number of fused-ring (bicyclic) bond motifs is 1. The van der Waals surface area contributed by atoms with E-state index >= 15 is 0 Å². The molecule has 2 aromatic heterocycles. The summed E-state index contributed by atoms with van der Waals surface area (Å²) in [7, 11) is 0. The monoisotopic (exact) mass is 239 g/mol. The number of benzene rings is 1. The quantitative estimate of drug-likeness (QED) is 0.672. The first-order chi connectivity index (χ1) is 8.72. The minimum absolute atomic E-state index is 0.395. The zero-order chi connectivity index (χ0) is 12.5. The molecule has 0 fully saturated rings. The number of nitrogen functional groups attached to an aromatic ring is 1. The second-order valence-corrected chi connectivity index (χ2v) is 4.15. The number of nitrogens with two attached hydrogens (primary N) is 1. The third kappa shape index (κ3) is 1.86. The minimum atomic E-state index is 0.395. The van der Waals surface area contributed by atoms with E-state index in [1.807, 2.05) is 31.3 Å². The van der Waals surface area contributed by atoms with Crippen molar-refractivity contribution in [3.63, 3.8) is 0 Å². The van der Waals surface area contributed by atoms with Gasteiger partial charge >= 0.3 is 0 Å². The molecule has 0 bridgehead atoms. The lowest BCUT2D eigenvalue weighted by atomic mass is 10.2. The number of hydrogen-bond donors (Lipinski definition) is 2. The Morgan fingerprint density at radius 1 is 1.39 bits per heavy atom. The summed E-state index contributed by atoms with van der Waals surface area (Å²) in [6, 6.07) is 8.12. The normalized spacial score (nSPS) is 11.6. The van der Waals surface area contributed by atoms with Crippen LogP contribution in [-0.4, -0.2) is 20.9 Å². The molecule has 0 radical (unpaired) electrons. The molecule has 0 spiro atoms. The molecule has 0 amide bonds. The zero-order valence-electron chi connectivity index (χ0n) is 9.96. The highest BCUT2D eigenvalue weighted by Crippen LogP contribution is 2.13. The Morgan fingerprint density at radius 2 is 2.28 bits per heavy atom. The Kier molecular flexibility index (Phi) is 2.37. The number of hydrogen-bond acceptors (Lipinski definition) is 3. The van der Waals surface area contributed by atoms with Crippen LogP contribution in [0.15, 0.2) is 41.8 Å². The van der Waals surface area contributed by atoms with Crippen LogP contribution in [0.3, 0.4) is 0 Å². The van der Waals surface area contributed by atoms with E-state index in [9.17, 15) is 0 Å². The molecule has 0 saturated heterocycles. The van der Waals surface area contributed by atoms with E-state index in [4.69, 9.17) is 5.73 Å². The molecule has 0 atom stereocenters. The van der Waals surface area contributed by atoms with Gasteiger partial charge in [0.25, 0.3) is 0 Å². The van der Waals surface area contributed by atoms with Crippen molar-refractivity contribution < 1.29 is 0 Å². The van der Waals surface area contributed by atoms with E-state index in [2.05, 4.69) is 21.1 Å². The van der Waals surface area contributed by atoms with Crippen molar-refractivity contribution in [1.29, 1.82) is 0 Å². The van der Waals surface area contributed by atoms with Gasteiger partial charge in [0.1, 0.15) is 0 Å². The lowest BCUT2D eigenvalue weighted by Crippen LogP contribution is -1.96. The first kappa shape index (κ1) is 10.6. The molecule has 0 aliphatic rings. The molecule has 3 N–H and O–H groups in total. The number of aromatic amines is 1. The maximum Gasteiger partial charge on any atom is 0.221 e. The third-order valence-corrected chi connectivity index (χ3v) is 2.74. The minimum Gasteiger partial charge on any atom is -0.368 e. The fraction of sp³-hybridized carbons (Fsp3) is 0.0769. The fourth-order valence-corrected chi connectivity index (χ4v) is 1.88. The highest BCUT2D eigenvalue weighted by Gasteiger charge is 1.99. The average Bonchev–Trinajstić information content (AvgIpc) is 2.92. The molecule has 0 aliphatic carbocycles. The van der Waals surface area contributed by atoms with E-state index in [-0.39, 0.29) is 0 Å². The number of nitrogens with one attached hydrogen (secondary N) is 1. The summed E-state index contributed by atoms with van der Waals surface area (Å²) in [6.07, 6.45) is 5.48. The zero-order valence-corrected chi connectivity index (χ0v) is 9.96. The Morgan fingerprint density at radius 3 is 3.06 bits per heavy atom. The Bertz CT molecular complexity index is 720. The van der Waals surface area contributed by atoms with Gasteiger partial charge in [-0.2, -0.15) is 5.10 Å². The summed E-state index contributed by atoms with van der Waals surface area (Å²) in [6.45, 7) is 1.88. The molecule has 0 aliphatic heterocycles. The summed E-state index contributed by atoms with van der Waals surface area (Å²) >= 11 is 0. The average molecular weight is 239 g/mol. The van der Waals surface area contributed by atoms with Crippen LogP contribution in [0.25, 0.3) is 10.9 Å². The van der Waals surface area contributed by atoms with Gasteiger partial charge in [-0.25, -0.2) is 9.66 Å². The van der Waals surface area contributed by atoms with E-state index in [0.717, 1.165) is 22.2 Å². The van der Waals surface area contributed by atoms with Crippen LogP contribution in [0.2, 0.25) is 0 Å². The Labute approximate surface area is 104 Å². The van der Waals surface area contributed by atoms with Crippen molar-refractivity contribution in [2.45, 2.75) is 6.92 Å². The molecule has 0 saturated carbocycles. The molecule has 2 heterocycles. The van der Waals surface area contributed by atoms with Gasteiger partial charge in [0.05, 0.1) is 18.1 Å². The second-order valence-electron chi connectivity index (χ2n) is 4.15. The van der Waals surface area contributed by atoms with Gasteiger partial charge < -0.3 is 10.7 Å². The van der Waals surface area contributed by atoms with Gasteiger partial charge in [-0.05, 0) is 36.1 Å². The first-order valence-electron chi connectivity index (χ1n) is 5.65. The first-order valence-corrected chi connectivity index (χ1v) is 5.65. The van der Waals surface area contributed by atoms with Crippen LogP contribution in [0, 0.1) is 6.92 Å². The summed E-state index contributed by atoms with van der Waals surface area (Å²) < 4.78 is 1.57. The van der Waals surface area contributed by atoms with Crippen molar-refractivity contribution in [3.8, 4) is 0 Å². The van der Waals surface area contributed by atoms with Gasteiger partial charge in [0.15, 0.2) is 0 Å². The SMILES string of the molecule is Cc1cn(N=Cc2ccc3[nH]ccc3c2)c(N)n1. The molecule has 18 heavy (non-hydrogen) atoms. The molecule has 1 aromatic carbocycles. The summed E-state index contributed by atoms with van der Waals surface area (Å²) in [5.41, 5.74) is 8.70. The number of aromatic nitrogens is 3. The molecule has 5 heteroatoms. The van der Waals surface area contributed by atoms with Gasteiger partial charge in [-0.3, -0.25) is 0 Å². The van der Waals surface area contributed by atoms with Crippen LogP contribution in [0.5, 0.6) is 0 Å². The molecular weight excluding hydrogens is 226 g/mol. The van der Waals surface area contributed by atoms with Gasteiger partial charge in [0.2, 0.25) is 5.95 Å². The molecule has 90 valence electrons. The predicted molar refractivity (Wildman–Crippen MR) is 72.7 cm³/mol. The predicted octanol–water partition coefficient (Wildman–Crippen LogP) is 2.14. The van der Waals surface area contributed by atoms with Gasteiger partial charge in [0, 0.05) is 11.7 Å². The fourth-order valence-electron chi connectivity index (χ4n) is 1.88. The van der Waals surface area contributed by atoms with E-state index in [1.165, 1.54) is 0 Å². The number of aryl methyl sites for hydroxylation is 1. The molecule has 0 unspecified atom stereocenters. The maximum absolute atomic E-state index is 5.71. The lowest BCUT2D eigenvalue weighted by Gasteiger charge is -1.96. The van der Waals surface area contributed by atoms with E-state index in [1.54, 1.807) is 17.1 Å². The van der Waals surface area contributed by atoms with Crippen molar-refractivity contribution >= 4 is 23.1 Å². The maximum atomic E-state index is 5.71. The second kappa shape index (κ2) is 4.03. The lowest BCUT2D eigenvalue weighted by molar-refractivity contribution is 0.897. The number of H-pyrrole nitrogens is 1. The summed E-state index contributed by atoms with van der Waals surface area (Å²) in [5, 5.41) is 5.44. The van der Waals surface area contributed by atoms with E-state index < -0.39 is 0 Å².